The molecule has 138 valence electrons. The summed E-state index contributed by atoms with van der Waals surface area (Å²) in [6.45, 7) is 5.98. The molecular weight excluding hydrogens is 332 g/mol. The van der Waals surface area contributed by atoms with Gasteiger partial charge in [0.2, 0.25) is 0 Å². The molecule has 0 bridgehead atoms. The Kier molecular flexibility index (Phi) is 5.92. The predicted molar refractivity (Wildman–Crippen MR) is 99.3 cm³/mol. The maximum atomic E-state index is 12.4. The van der Waals surface area contributed by atoms with E-state index in [0.29, 0.717) is 22.8 Å². The van der Waals surface area contributed by atoms with Gasteiger partial charge in [-0.15, -0.1) is 0 Å². The van der Waals surface area contributed by atoms with E-state index in [0.717, 1.165) is 0 Å². The van der Waals surface area contributed by atoms with Crippen molar-refractivity contribution in [3.8, 4) is 5.75 Å². The highest BCUT2D eigenvalue weighted by atomic mass is 16.5. The molecule has 0 radical (unpaired) electrons. The molecule has 0 atom stereocenters. The number of carbonyl (C=O) groups is 2. The van der Waals surface area contributed by atoms with Crippen molar-refractivity contribution in [1.29, 1.82) is 0 Å². The van der Waals surface area contributed by atoms with E-state index in [9.17, 15) is 9.59 Å². The summed E-state index contributed by atoms with van der Waals surface area (Å²) in [6.07, 6.45) is 3.17. The first kappa shape index (κ1) is 19.4. The summed E-state index contributed by atoms with van der Waals surface area (Å²) in [5.41, 5.74) is 0.773. The van der Waals surface area contributed by atoms with Gasteiger partial charge in [-0.2, -0.15) is 0 Å². The molecule has 7 nitrogen and oxygen atoms in total. The van der Waals surface area contributed by atoms with Gasteiger partial charge in [-0.3, -0.25) is 9.59 Å². The monoisotopic (exact) mass is 356 g/mol. The van der Waals surface area contributed by atoms with Gasteiger partial charge in [0, 0.05) is 25.1 Å². The van der Waals surface area contributed by atoms with Gasteiger partial charge in [-0.05, 0) is 18.2 Å². The second kappa shape index (κ2) is 7.95. The minimum Gasteiger partial charge on any atom is -0.484 e. The quantitative estimate of drug-likeness (QED) is 0.890. The summed E-state index contributed by atoms with van der Waals surface area (Å²) in [7, 11) is 3.31. The number of anilines is 1. The summed E-state index contributed by atoms with van der Waals surface area (Å²) < 4.78 is 5.43. The van der Waals surface area contributed by atoms with Crippen LogP contribution in [-0.2, 0) is 10.2 Å². The number of nitrogens with zero attached hydrogens (tertiary/aromatic N) is 3. The molecule has 1 N–H and O–H groups in total. The zero-order chi connectivity index (χ0) is 19.3. The largest absolute Gasteiger partial charge is 0.484 e. The number of amides is 2. The van der Waals surface area contributed by atoms with E-state index < -0.39 is 0 Å². The lowest BCUT2D eigenvalue weighted by molar-refractivity contribution is -0.130. The van der Waals surface area contributed by atoms with Crippen LogP contribution >= 0.6 is 0 Å². The van der Waals surface area contributed by atoms with Crippen molar-refractivity contribution >= 4 is 17.5 Å². The van der Waals surface area contributed by atoms with Crippen LogP contribution in [0.4, 0.5) is 5.69 Å². The zero-order valence-electron chi connectivity index (χ0n) is 15.7. The molecular formula is C19H24N4O3. The van der Waals surface area contributed by atoms with Crippen LogP contribution in [-0.4, -0.2) is 47.4 Å². The third-order valence-corrected chi connectivity index (χ3v) is 3.54. The van der Waals surface area contributed by atoms with Crippen molar-refractivity contribution in [2.24, 2.45) is 0 Å². The molecule has 1 aromatic heterocycles. The first-order chi connectivity index (χ1) is 12.2. The van der Waals surface area contributed by atoms with Crippen molar-refractivity contribution in [3.63, 3.8) is 0 Å². The van der Waals surface area contributed by atoms with Crippen molar-refractivity contribution in [1.82, 2.24) is 14.9 Å². The summed E-state index contributed by atoms with van der Waals surface area (Å²) in [5.74, 6) is 0.695. The van der Waals surface area contributed by atoms with Gasteiger partial charge < -0.3 is 15.0 Å². The maximum Gasteiger partial charge on any atom is 0.259 e. The predicted octanol–water partition coefficient (Wildman–Crippen LogP) is 2.49. The number of aromatic nitrogens is 2. The van der Waals surface area contributed by atoms with Crippen LogP contribution in [0.25, 0.3) is 0 Å². The van der Waals surface area contributed by atoms with Gasteiger partial charge in [0.05, 0.1) is 18.1 Å². The molecule has 0 aliphatic heterocycles. The average molecular weight is 356 g/mol. The van der Waals surface area contributed by atoms with Crippen LogP contribution in [0.15, 0.2) is 36.7 Å². The molecule has 0 unspecified atom stereocenters. The van der Waals surface area contributed by atoms with Crippen LogP contribution in [0, 0.1) is 0 Å². The van der Waals surface area contributed by atoms with Crippen LogP contribution in [0.5, 0.6) is 5.75 Å². The van der Waals surface area contributed by atoms with Crippen molar-refractivity contribution in [2.45, 2.75) is 26.2 Å². The van der Waals surface area contributed by atoms with Crippen LogP contribution in [0.1, 0.15) is 37.0 Å². The maximum absolute atomic E-state index is 12.4. The number of carbonyl (C=O) groups excluding carboxylic acids is 2. The molecule has 2 rings (SSSR count). The molecule has 0 saturated carbocycles. The minimum absolute atomic E-state index is 0.0832. The Morgan fingerprint density at radius 2 is 1.81 bits per heavy atom. The van der Waals surface area contributed by atoms with E-state index in [4.69, 9.17) is 4.74 Å². The molecule has 0 aliphatic carbocycles. The fraction of sp³-hybridized carbons (Fsp3) is 0.368. The number of nitrogens with one attached hydrogen (secondary N) is 1. The normalized spacial score (nSPS) is 11.0. The van der Waals surface area contributed by atoms with Crippen LogP contribution in [0.2, 0.25) is 0 Å². The highest BCUT2D eigenvalue weighted by Gasteiger charge is 2.17. The number of hydrogen-bond donors (Lipinski definition) is 1. The summed E-state index contributed by atoms with van der Waals surface area (Å²) >= 11 is 0. The standard InChI is InChI=1S/C19H24N4O3/c1-19(2,3)18-20-10-14(11-21-18)22-17(25)13-7-6-8-15(9-13)26-12-16(24)23(4)5/h6-11H,12H2,1-5H3,(H,22,25). The Balaban J connectivity index is 2.03. The Morgan fingerprint density at radius 1 is 1.15 bits per heavy atom. The molecule has 2 amide bonds. The molecule has 2 aromatic rings. The second-order valence-electron chi connectivity index (χ2n) is 7.10. The minimum atomic E-state index is -0.304. The van der Waals surface area contributed by atoms with Crippen LogP contribution < -0.4 is 10.1 Å². The third kappa shape index (κ3) is 5.27. The SMILES string of the molecule is CN(C)C(=O)COc1cccc(C(=O)Nc2cnc(C(C)(C)C)nc2)c1. The number of benzene rings is 1. The van der Waals surface area contributed by atoms with E-state index in [-0.39, 0.29) is 23.8 Å². The second-order valence-corrected chi connectivity index (χ2v) is 7.10. The van der Waals surface area contributed by atoms with Crippen molar-refractivity contribution in [2.75, 3.05) is 26.0 Å². The smallest absolute Gasteiger partial charge is 0.259 e. The summed E-state index contributed by atoms with van der Waals surface area (Å²) in [5, 5.41) is 2.75. The van der Waals surface area contributed by atoms with Gasteiger partial charge in [0.1, 0.15) is 11.6 Å². The average Bonchev–Trinajstić information content (AvgIpc) is 2.59. The number of likely N-dealkylation sites (N-methyl/N-ethyl adjacent to an activating group) is 1. The fourth-order valence-electron chi connectivity index (χ4n) is 1.98. The molecule has 26 heavy (non-hydrogen) atoms. The van der Waals surface area contributed by atoms with Crippen molar-refractivity contribution < 1.29 is 14.3 Å². The summed E-state index contributed by atoms with van der Waals surface area (Å²) in [4.78, 5) is 34.0. The zero-order valence-corrected chi connectivity index (χ0v) is 15.7. The molecule has 1 heterocycles. The van der Waals surface area contributed by atoms with Gasteiger partial charge >= 0.3 is 0 Å². The van der Waals surface area contributed by atoms with Gasteiger partial charge in [0.15, 0.2) is 6.61 Å². The highest BCUT2D eigenvalue weighted by Crippen LogP contribution is 2.19. The Labute approximate surface area is 153 Å². The van der Waals surface area contributed by atoms with Gasteiger partial charge in [-0.25, -0.2) is 9.97 Å². The Morgan fingerprint density at radius 3 is 2.38 bits per heavy atom. The first-order valence-electron chi connectivity index (χ1n) is 8.23. The Hall–Kier alpha value is -2.96. The van der Waals surface area contributed by atoms with E-state index in [1.165, 1.54) is 4.90 Å². The molecule has 0 spiro atoms. The third-order valence-electron chi connectivity index (χ3n) is 3.54. The fourth-order valence-corrected chi connectivity index (χ4v) is 1.98. The number of ether oxygens (including phenoxy) is 1. The van der Waals surface area contributed by atoms with E-state index in [1.54, 1.807) is 50.8 Å². The number of hydrogen-bond acceptors (Lipinski definition) is 5. The summed E-state index contributed by atoms with van der Waals surface area (Å²) in [6, 6.07) is 6.65. The first-order valence-corrected chi connectivity index (χ1v) is 8.23. The van der Waals surface area contributed by atoms with Gasteiger partial charge in [-0.1, -0.05) is 26.8 Å². The Bertz CT molecular complexity index is 780. The molecule has 0 saturated heterocycles. The molecule has 1 aromatic carbocycles. The highest BCUT2D eigenvalue weighted by molar-refractivity contribution is 6.04. The van der Waals surface area contributed by atoms with E-state index in [2.05, 4.69) is 15.3 Å². The molecule has 7 heteroatoms. The topological polar surface area (TPSA) is 84.4 Å². The molecule has 0 aliphatic rings. The van der Waals surface area contributed by atoms with Crippen LogP contribution in [0.3, 0.4) is 0 Å². The molecule has 0 fully saturated rings. The number of rotatable bonds is 5. The van der Waals surface area contributed by atoms with Crippen molar-refractivity contribution in [3.05, 3.63) is 48.0 Å². The van der Waals surface area contributed by atoms with Gasteiger partial charge in [0.25, 0.3) is 11.8 Å². The lowest BCUT2D eigenvalue weighted by Crippen LogP contribution is -2.27. The van der Waals surface area contributed by atoms with E-state index in [1.807, 2.05) is 20.8 Å². The lowest BCUT2D eigenvalue weighted by atomic mass is 9.96. The lowest BCUT2D eigenvalue weighted by Gasteiger charge is -2.16. The van der Waals surface area contributed by atoms with E-state index >= 15 is 0 Å².